The minimum Gasteiger partial charge on any atom is -0.347 e. The van der Waals surface area contributed by atoms with Crippen LogP contribution >= 0.6 is 0 Å². The summed E-state index contributed by atoms with van der Waals surface area (Å²) in [6.07, 6.45) is 3.72. The van der Waals surface area contributed by atoms with Gasteiger partial charge < -0.3 is 9.88 Å². The SMILES string of the molecule is Cc1nc(C(=O)N[C@@H]2C(C)(C)C3CC[C@@]2(C)C3)c(C)n1-c1ccccc1. The molecular formula is C22H29N3O. The number of fused-ring (bicyclic) bond motifs is 2. The van der Waals surface area contributed by atoms with E-state index in [1.165, 1.54) is 19.3 Å². The number of carbonyl (C=O) groups is 1. The van der Waals surface area contributed by atoms with Gasteiger partial charge in [0.25, 0.3) is 5.91 Å². The molecule has 0 aliphatic heterocycles. The van der Waals surface area contributed by atoms with Crippen LogP contribution in [0.15, 0.2) is 30.3 Å². The van der Waals surface area contributed by atoms with Gasteiger partial charge in [-0.25, -0.2) is 4.98 Å². The van der Waals surface area contributed by atoms with Gasteiger partial charge in [-0.2, -0.15) is 0 Å². The molecule has 138 valence electrons. The Morgan fingerprint density at radius 2 is 1.88 bits per heavy atom. The van der Waals surface area contributed by atoms with Crippen LogP contribution in [0.1, 0.15) is 62.0 Å². The summed E-state index contributed by atoms with van der Waals surface area (Å²) in [6.45, 7) is 10.9. The number of hydrogen-bond donors (Lipinski definition) is 1. The molecule has 26 heavy (non-hydrogen) atoms. The first-order chi connectivity index (χ1) is 12.2. The lowest BCUT2D eigenvalue weighted by Gasteiger charge is -2.43. The molecular weight excluding hydrogens is 322 g/mol. The molecule has 2 saturated carbocycles. The van der Waals surface area contributed by atoms with Gasteiger partial charge >= 0.3 is 0 Å². The third kappa shape index (κ3) is 2.42. The fraction of sp³-hybridized carbons (Fsp3) is 0.545. The molecule has 4 nitrogen and oxygen atoms in total. The number of hydrogen-bond acceptors (Lipinski definition) is 2. The third-order valence-corrected chi connectivity index (χ3v) is 7.05. The summed E-state index contributed by atoms with van der Waals surface area (Å²) in [4.78, 5) is 17.7. The van der Waals surface area contributed by atoms with E-state index in [2.05, 4.69) is 35.6 Å². The first kappa shape index (κ1) is 17.3. The summed E-state index contributed by atoms with van der Waals surface area (Å²) in [5.41, 5.74) is 2.86. The molecule has 1 aromatic carbocycles. The predicted molar refractivity (Wildman–Crippen MR) is 104 cm³/mol. The maximum absolute atomic E-state index is 13.1. The van der Waals surface area contributed by atoms with E-state index >= 15 is 0 Å². The maximum atomic E-state index is 13.1. The number of rotatable bonds is 3. The standard InChI is InChI=1S/C22H29N3O/c1-14-18(23-15(2)25(14)17-9-7-6-8-10-17)19(26)24-20-21(3,4)16-11-12-22(20,5)13-16/h6-10,16,20H,11-13H2,1-5H3,(H,24,26)/t16?,20-,22+/m1/s1. The molecule has 2 fully saturated rings. The molecule has 2 aliphatic rings. The van der Waals surface area contributed by atoms with Crippen LogP contribution in [-0.4, -0.2) is 21.5 Å². The maximum Gasteiger partial charge on any atom is 0.272 e. The molecule has 2 aliphatic carbocycles. The Bertz CT molecular complexity index is 847. The van der Waals surface area contributed by atoms with E-state index in [0.717, 1.165) is 17.2 Å². The van der Waals surface area contributed by atoms with E-state index in [-0.39, 0.29) is 22.8 Å². The van der Waals surface area contributed by atoms with Crippen LogP contribution in [0.4, 0.5) is 0 Å². The van der Waals surface area contributed by atoms with Gasteiger partial charge in [-0.3, -0.25) is 4.79 Å². The molecule has 3 atom stereocenters. The molecule has 0 spiro atoms. The second-order valence-corrected chi connectivity index (χ2v) is 9.09. The summed E-state index contributed by atoms with van der Waals surface area (Å²) in [5, 5.41) is 3.38. The average Bonchev–Trinajstić information content (AvgIpc) is 3.19. The van der Waals surface area contributed by atoms with Crippen LogP contribution in [0.3, 0.4) is 0 Å². The van der Waals surface area contributed by atoms with E-state index in [1.807, 2.05) is 44.2 Å². The fourth-order valence-corrected chi connectivity index (χ4v) is 5.68. The zero-order valence-electron chi connectivity index (χ0n) is 16.5. The molecule has 1 amide bonds. The summed E-state index contributed by atoms with van der Waals surface area (Å²) in [5.74, 6) is 1.52. The number of para-hydroxylation sites is 1. The van der Waals surface area contributed by atoms with Gasteiger partial charge in [0.15, 0.2) is 0 Å². The number of imidazole rings is 1. The Balaban J connectivity index is 1.64. The number of nitrogens with zero attached hydrogens (tertiary/aromatic N) is 2. The van der Waals surface area contributed by atoms with Crippen molar-refractivity contribution in [3.63, 3.8) is 0 Å². The highest BCUT2D eigenvalue weighted by molar-refractivity contribution is 5.94. The van der Waals surface area contributed by atoms with Gasteiger partial charge in [-0.05, 0) is 62.0 Å². The minimum atomic E-state index is -0.0351. The van der Waals surface area contributed by atoms with Crippen molar-refractivity contribution < 1.29 is 4.79 Å². The van der Waals surface area contributed by atoms with Crippen molar-refractivity contribution in [1.82, 2.24) is 14.9 Å². The van der Waals surface area contributed by atoms with Crippen LogP contribution in [-0.2, 0) is 0 Å². The number of carbonyl (C=O) groups excluding carboxylic acids is 1. The number of nitrogens with one attached hydrogen (secondary N) is 1. The third-order valence-electron chi connectivity index (χ3n) is 7.05. The Morgan fingerprint density at radius 1 is 1.19 bits per heavy atom. The molecule has 1 heterocycles. The van der Waals surface area contributed by atoms with Crippen LogP contribution < -0.4 is 5.32 Å². The Hall–Kier alpha value is -2.10. The zero-order chi connectivity index (χ0) is 18.7. The van der Waals surface area contributed by atoms with Crippen molar-refractivity contribution in [2.75, 3.05) is 0 Å². The van der Waals surface area contributed by atoms with Gasteiger partial charge in [0.05, 0.1) is 5.69 Å². The Labute approximate surface area is 156 Å². The van der Waals surface area contributed by atoms with Crippen LogP contribution in [0.2, 0.25) is 0 Å². The number of aromatic nitrogens is 2. The largest absolute Gasteiger partial charge is 0.347 e. The highest BCUT2D eigenvalue weighted by atomic mass is 16.2. The first-order valence-electron chi connectivity index (χ1n) is 9.66. The summed E-state index contributed by atoms with van der Waals surface area (Å²) in [6, 6.07) is 10.3. The second kappa shape index (κ2) is 5.70. The Morgan fingerprint density at radius 3 is 2.50 bits per heavy atom. The quantitative estimate of drug-likeness (QED) is 0.889. The van der Waals surface area contributed by atoms with Crippen molar-refractivity contribution in [3.8, 4) is 5.69 Å². The smallest absolute Gasteiger partial charge is 0.272 e. The van der Waals surface area contributed by atoms with Crippen LogP contribution in [0.5, 0.6) is 0 Å². The second-order valence-electron chi connectivity index (χ2n) is 9.09. The van der Waals surface area contributed by atoms with E-state index in [4.69, 9.17) is 0 Å². The van der Waals surface area contributed by atoms with Crippen molar-refractivity contribution in [2.24, 2.45) is 16.7 Å². The van der Waals surface area contributed by atoms with Gasteiger partial charge in [0, 0.05) is 11.7 Å². The van der Waals surface area contributed by atoms with Crippen molar-refractivity contribution in [3.05, 3.63) is 47.5 Å². The van der Waals surface area contributed by atoms with E-state index in [1.54, 1.807) is 0 Å². The molecule has 2 bridgehead atoms. The highest BCUT2D eigenvalue weighted by Gasteiger charge is 2.59. The van der Waals surface area contributed by atoms with Gasteiger partial charge in [0.2, 0.25) is 0 Å². The predicted octanol–water partition coefficient (Wildman–Crippen LogP) is 4.43. The highest BCUT2D eigenvalue weighted by Crippen LogP contribution is 2.62. The first-order valence-corrected chi connectivity index (χ1v) is 9.66. The lowest BCUT2D eigenvalue weighted by atomic mass is 9.68. The Kier molecular flexibility index (Phi) is 3.80. The summed E-state index contributed by atoms with van der Waals surface area (Å²) < 4.78 is 2.06. The molecule has 1 N–H and O–H groups in total. The monoisotopic (exact) mass is 351 g/mol. The number of amides is 1. The number of benzene rings is 1. The van der Waals surface area contributed by atoms with Crippen molar-refractivity contribution in [2.45, 2.75) is 59.9 Å². The van der Waals surface area contributed by atoms with Crippen LogP contribution in [0, 0.1) is 30.6 Å². The van der Waals surface area contributed by atoms with E-state index in [0.29, 0.717) is 11.6 Å². The van der Waals surface area contributed by atoms with Gasteiger partial charge in [0.1, 0.15) is 11.5 Å². The summed E-state index contributed by atoms with van der Waals surface area (Å²) in [7, 11) is 0. The van der Waals surface area contributed by atoms with Crippen LogP contribution in [0.25, 0.3) is 5.69 Å². The molecule has 4 rings (SSSR count). The molecule has 0 saturated heterocycles. The zero-order valence-corrected chi connectivity index (χ0v) is 16.5. The lowest BCUT2D eigenvalue weighted by Crippen LogP contribution is -2.52. The molecule has 2 aromatic rings. The lowest BCUT2D eigenvalue weighted by molar-refractivity contribution is 0.0733. The molecule has 4 heteroatoms. The van der Waals surface area contributed by atoms with Crippen molar-refractivity contribution >= 4 is 5.91 Å². The van der Waals surface area contributed by atoms with E-state index < -0.39 is 0 Å². The van der Waals surface area contributed by atoms with Crippen molar-refractivity contribution in [1.29, 1.82) is 0 Å². The molecule has 1 aromatic heterocycles. The van der Waals surface area contributed by atoms with E-state index in [9.17, 15) is 4.79 Å². The average molecular weight is 351 g/mol. The molecule has 0 radical (unpaired) electrons. The fourth-order valence-electron chi connectivity index (χ4n) is 5.68. The van der Waals surface area contributed by atoms with Gasteiger partial charge in [-0.15, -0.1) is 0 Å². The normalized spacial score (nSPS) is 29.1. The number of aryl methyl sites for hydroxylation is 1. The molecule has 1 unspecified atom stereocenters. The van der Waals surface area contributed by atoms with Gasteiger partial charge in [-0.1, -0.05) is 39.0 Å². The summed E-state index contributed by atoms with van der Waals surface area (Å²) >= 11 is 0. The minimum absolute atomic E-state index is 0.0351. The topological polar surface area (TPSA) is 46.9 Å².